The number of hydrogen-bond acceptors (Lipinski definition) is 4. The molecule has 0 saturated carbocycles. The summed E-state index contributed by atoms with van der Waals surface area (Å²) < 4.78 is 38.0. The van der Waals surface area contributed by atoms with Crippen LogP contribution in [0.1, 0.15) is 12.5 Å². The quantitative estimate of drug-likeness (QED) is 0.748. The predicted molar refractivity (Wildman–Crippen MR) is 88.3 cm³/mol. The zero-order chi connectivity index (χ0) is 18.7. The van der Waals surface area contributed by atoms with Gasteiger partial charge in [-0.25, -0.2) is 0 Å². The highest BCUT2D eigenvalue weighted by molar-refractivity contribution is 6.34. The minimum atomic E-state index is -5.10. The third-order valence-corrected chi connectivity index (χ3v) is 3.77. The lowest BCUT2D eigenvalue weighted by Gasteiger charge is -2.25. The Morgan fingerprint density at radius 3 is 2.44 bits per heavy atom. The standard InChI is InChI=1S/C16H15ClF3N3O2/c1-15(25,16(18,19)20)14(24)23-13-3-2-11(8-12(13)17)22-9-10-4-6-21-7-5-10/h2-8,22,25H,9H2,1H3,(H,23,24). The molecule has 25 heavy (non-hydrogen) atoms. The van der Waals surface area contributed by atoms with Gasteiger partial charge in [-0.15, -0.1) is 0 Å². The Morgan fingerprint density at radius 1 is 1.24 bits per heavy atom. The molecule has 9 heteroatoms. The van der Waals surface area contributed by atoms with E-state index in [9.17, 15) is 23.1 Å². The molecule has 1 unspecified atom stereocenters. The zero-order valence-corrected chi connectivity index (χ0v) is 13.8. The van der Waals surface area contributed by atoms with Crippen LogP contribution in [0.3, 0.4) is 0 Å². The van der Waals surface area contributed by atoms with Gasteiger partial charge in [-0.2, -0.15) is 13.2 Å². The molecule has 1 atom stereocenters. The number of benzene rings is 1. The molecule has 1 aromatic carbocycles. The number of alkyl halides is 3. The number of rotatable bonds is 5. The van der Waals surface area contributed by atoms with Crippen LogP contribution in [-0.4, -0.2) is 27.8 Å². The van der Waals surface area contributed by atoms with Gasteiger partial charge in [0.1, 0.15) is 0 Å². The number of pyridine rings is 1. The lowest BCUT2D eigenvalue weighted by Crippen LogP contribution is -2.52. The summed E-state index contributed by atoms with van der Waals surface area (Å²) in [5, 5.41) is 14.4. The molecule has 5 nitrogen and oxygen atoms in total. The summed E-state index contributed by atoms with van der Waals surface area (Å²) >= 11 is 5.99. The molecule has 0 aliphatic carbocycles. The van der Waals surface area contributed by atoms with Crippen LogP contribution in [0.2, 0.25) is 5.02 Å². The summed E-state index contributed by atoms with van der Waals surface area (Å²) in [5.74, 6) is -1.61. The van der Waals surface area contributed by atoms with Crippen LogP contribution in [0, 0.1) is 0 Å². The molecule has 0 spiro atoms. The molecular formula is C16H15ClF3N3O2. The van der Waals surface area contributed by atoms with E-state index in [0.29, 0.717) is 19.2 Å². The Morgan fingerprint density at radius 2 is 1.88 bits per heavy atom. The fraction of sp³-hybridized carbons (Fsp3) is 0.250. The average molecular weight is 374 g/mol. The number of hydrogen-bond donors (Lipinski definition) is 3. The van der Waals surface area contributed by atoms with Crippen molar-refractivity contribution in [1.82, 2.24) is 4.98 Å². The van der Waals surface area contributed by atoms with E-state index in [1.54, 1.807) is 18.5 Å². The Bertz CT molecular complexity index is 752. The van der Waals surface area contributed by atoms with Crippen LogP contribution in [0.5, 0.6) is 0 Å². The van der Waals surface area contributed by atoms with Gasteiger partial charge in [0.2, 0.25) is 5.60 Å². The Hall–Kier alpha value is -2.32. The fourth-order valence-electron chi connectivity index (χ4n) is 1.80. The molecule has 1 aromatic heterocycles. The van der Waals surface area contributed by atoms with E-state index in [0.717, 1.165) is 5.56 Å². The summed E-state index contributed by atoms with van der Waals surface area (Å²) in [6.45, 7) is 0.869. The molecule has 134 valence electrons. The number of halogens is 4. The van der Waals surface area contributed by atoms with E-state index >= 15 is 0 Å². The number of nitrogens with one attached hydrogen (secondary N) is 2. The molecule has 0 radical (unpaired) electrons. The SMILES string of the molecule is CC(O)(C(=O)Nc1ccc(NCc2ccncc2)cc1Cl)C(F)(F)F. The second-order valence-electron chi connectivity index (χ2n) is 5.43. The van der Waals surface area contributed by atoms with Gasteiger partial charge >= 0.3 is 6.18 Å². The fourth-order valence-corrected chi connectivity index (χ4v) is 2.03. The van der Waals surface area contributed by atoms with Crippen LogP contribution < -0.4 is 10.6 Å². The molecule has 0 saturated heterocycles. The molecule has 0 bridgehead atoms. The number of anilines is 2. The first-order valence-electron chi connectivity index (χ1n) is 7.14. The van der Waals surface area contributed by atoms with E-state index in [-0.39, 0.29) is 10.7 Å². The molecule has 3 N–H and O–H groups in total. The van der Waals surface area contributed by atoms with Crippen LogP contribution in [0.4, 0.5) is 24.5 Å². The van der Waals surface area contributed by atoms with Gasteiger partial charge in [0.25, 0.3) is 5.91 Å². The van der Waals surface area contributed by atoms with Crippen molar-refractivity contribution >= 4 is 28.9 Å². The smallest absolute Gasteiger partial charge is 0.381 e. The number of carbonyl (C=O) groups excluding carboxylic acids is 1. The maximum absolute atomic E-state index is 12.7. The zero-order valence-electron chi connectivity index (χ0n) is 13.1. The van der Waals surface area contributed by atoms with Gasteiger partial charge in [0, 0.05) is 24.6 Å². The first-order chi connectivity index (χ1) is 11.6. The Balaban J connectivity index is 2.05. The second-order valence-corrected chi connectivity index (χ2v) is 5.83. The summed E-state index contributed by atoms with van der Waals surface area (Å²) in [6.07, 6.45) is -1.81. The van der Waals surface area contributed by atoms with E-state index in [2.05, 4.69) is 10.3 Å². The molecular weight excluding hydrogens is 359 g/mol. The maximum atomic E-state index is 12.7. The van der Waals surface area contributed by atoms with Crippen molar-refractivity contribution in [2.24, 2.45) is 0 Å². The van der Waals surface area contributed by atoms with Crippen molar-refractivity contribution in [3.63, 3.8) is 0 Å². The Labute approximate surface area is 146 Å². The molecule has 0 aliphatic rings. The summed E-state index contributed by atoms with van der Waals surface area (Å²) in [4.78, 5) is 15.6. The predicted octanol–water partition coefficient (Wildman–Crippen LogP) is 3.60. The number of nitrogens with zero attached hydrogens (tertiary/aromatic N) is 1. The van der Waals surface area contributed by atoms with Crippen LogP contribution >= 0.6 is 11.6 Å². The van der Waals surface area contributed by atoms with E-state index in [1.807, 2.05) is 17.4 Å². The van der Waals surface area contributed by atoms with Gasteiger partial charge in [-0.1, -0.05) is 11.6 Å². The van der Waals surface area contributed by atoms with Crippen LogP contribution in [-0.2, 0) is 11.3 Å². The van der Waals surface area contributed by atoms with Crippen LogP contribution in [0.25, 0.3) is 0 Å². The van der Waals surface area contributed by atoms with E-state index in [1.165, 1.54) is 12.1 Å². The number of carbonyl (C=O) groups is 1. The van der Waals surface area contributed by atoms with Crippen molar-refractivity contribution in [1.29, 1.82) is 0 Å². The van der Waals surface area contributed by atoms with Gasteiger partial charge in [-0.05, 0) is 42.8 Å². The molecule has 1 amide bonds. The monoisotopic (exact) mass is 373 g/mol. The third-order valence-electron chi connectivity index (χ3n) is 3.46. The van der Waals surface area contributed by atoms with Crippen LogP contribution in [0.15, 0.2) is 42.7 Å². The molecule has 0 fully saturated rings. The molecule has 1 heterocycles. The minimum Gasteiger partial charge on any atom is -0.381 e. The number of aliphatic hydroxyl groups is 1. The largest absolute Gasteiger partial charge is 0.426 e. The first-order valence-corrected chi connectivity index (χ1v) is 7.52. The van der Waals surface area contributed by atoms with Crippen molar-refractivity contribution in [2.45, 2.75) is 25.2 Å². The molecule has 0 aliphatic heterocycles. The summed E-state index contributed by atoms with van der Waals surface area (Å²) in [6, 6.07) is 8.00. The molecule has 2 aromatic rings. The van der Waals surface area contributed by atoms with Crippen molar-refractivity contribution in [3.05, 3.63) is 53.3 Å². The van der Waals surface area contributed by atoms with Gasteiger partial charge in [0.05, 0.1) is 10.7 Å². The maximum Gasteiger partial charge on any atom is 0.426 e. The van der Waals surface area contributed by atoms with Crippen molar-refractivity contribution < 1.29 is 23.1 Å². The third kappa shape index (κ3) is 4.61. The Kier molecular flexibility index (Phi) is 5.54. The number of aromatic nitrogens is 1. The lowest BCUT2D eigenvalue weighted by atomic mass is 10.1. The highest BCUT2D eigenvalue weighted by atomic mass is 35.5. The normalized spacial score (nSPS) is 13.8. The summed E-state index contributed by atoms with van der Waals surface area (Å²) in [5.41, 5.74) is -1.97. The van der Waals surface area contributed by atoms with Gasteiger partial charge in [-0.3, -0.25) is 9.78 Å². The first kappa shape index (κ1) is 19.0. The summed E-state index contributed by atoms with van der Waals surface area (Å²) in [7, 11) is 0. The second kappa shape index (κ2) is 7.28. The number of amides is 1. The van der Waals surface area contributed by atoms with Gasteiger partial charge < -0.3 is 15.7 Å². The molecule has 2 rings (SSSR count). The lowest BCUT2D eigenvalue weighted by molar-refractivity contribution is -0.242. The topological polar surface area (TPSA) is 74.2 Å². The van der Waals surface area contributed by atoms with Crippen molar-refractivity contribution in [3.8, 4) is 0 Å². The highest BCUT2D eigenvalue weighted by Crippen LogP contribution is 2.32. The minimum absolute atomic E-state index is 0.0334. The average Bonchev–Trinajstić information content (AvgIpc) is 2.55. The van der Waals surface area contributed by atoms with Gasteiger partial charge in [0.15, 0.2) is 0 Å². The van der Waals surface area contributed by atoms with E-state index in [4.69, 9.17) is 11.6 Å². The van der Waals surface area contributed by atoms with E-state index < -0.39 is 17.7 Å². The van der Waals surface area contributed by atoms with Crippen molar-refractivity contribution in [2.75, 3.05) is 10.6 Å². The highest BCUT2D eigenvalue weighted by Gasteiger charge is 2.55.